The molecule has 0 bridgehead atoms. The van der Waals surface area contributed by atoms with Crippen molar-refractivity contribution in [1.82, 2.24) is 10.6 Å². The normalized spacial score (nSPS) is 11.9. The highest BCUT2D eigenvalue weighted by molar-refractivity contribution is 4.97. The average molecular weight is 182 g/mol. The van der Waals surface area contributed by atoms with Gasteiger partial charge in [-0.3, -0.25) is 0 Å². The van der Waals surface area contributed by atoms with Crippen molar-refractivity contribution in [3.05, 3.63) is 24.2 Å². The first-order chi connectivity index (χ1) is 6.14. The molecule has 3 heteroatoms. The average Bonchev–Trinajstić information content (AvgIpc) is 2.57. The minimum Gasteiger partial charge on any atom is -0.468 e. The quantitative estimate of drug-likeness (QED) is 0.722. The summed E-state index contributed by atoms with van der Waals surface area (Å²) in [6.07, 6.45) is 1.69. The predicted octanol–water partition coefficient (Wildman–Crippen LogP) is 1.37. The molecule has 1 aromatic rings. The van der Waals surface area contributed by atoms with Crippen molar-refractivity contribution in [2.45, 2.75) is 25.9 Å². The molecule has 0 atom stereocenters. The van der Waals surface area contributed by atoms with E-state index in [9.17, 15) is 0 Å². The van der Waals surface area contributed by atoms with Gasteiger partial charge in [-0.25, -0.2) is 0 Å². The first-order valence-corrected chi connectivity index (χ1v) is 4.56. The minimum atomic E-state index is 0.132. The van der Waals surface area contributed by atoms with Crippen LogP contribution in [0.15, 0.2) is 22.8 Å². The van der Waals surface area contributed by atoms with Crippen molar-refractivity contribution in [2.24, 2.45) is 0 Å². The van der Waals surface area contributed by atoms with E-state index < -0.39 is 0 Å². The molecule has 0 aliphatic carbocycles. The molecule has 0 radical (unpaired) electrons. The van der Waals surface area contributed by atoms with E-state index in [4.69, 9.17) is 4.42 Å². The summed E-state index contributed by atoms with van der Waals surface area (Å²) in [7, 11) is 1.97. The van der Waals surface area contributed by atoms with E-state index in [1.54, 1.807) is 6.26 Å². The van der Waals surface area contributed by atoms with Gasteiger partial charge in [0.15, 0.2) is 0 Å². The molecule has 0 aromatic carbocycles. The van der Waals surface area contributed by atoms with Crippen LogP contribution in [0.2, 0.25) is 0 Å². The van der Waals surface area contributed by atoms with E-state index in [2.05, 4.69) is 24.5 Å². The van der Waals surface area contributed by atoms with Crippen LogP contribution in [0.25, 0.3) is 0 Å². The van der Waals surface area contributed by atoms with Crippen LogP contribution in [0.3, 0.4) is 0 Å². The summed E-state index contributed by atoms with van der Waals surface area (Å²) in [4.78, 5) is 0. The van der Waals surface area contributed by atoms with Gasteiger partial charge in [-0.1, -0.05) is 0 Å². The third-order valence-corrected chi connectivity index (χ3v) is 2.12. The second-order valence-electron chi connectivity index (χ2n) is 3.82. The largest absolute Gasteiger partial charge is 0.468 e. The molecule has 2 N–H and O–H groups in total. The number of rotatable bonds is 5. The lowest BCUT2D eigenvalue weighted by molar-refractivity contribution is 0.380. The van der Waals surface area contributed by atoms with E-state index in [0.717, 1.165) is 18.8 Å². The fraction of sp³-hybridized carbons (Fsp3) is 0.600. The Hall–Kier alpha value is -0.800. The third-order valence-electron chi connectivity index (χ3n) is 2.12. The molecule has 1 aromatic heterocycles. The maximum atomic E-state index is 5.20. The zero-order valence-electron chi connectivity index (χ0n) is 8.55. The van der Waals surface area contributed by atoms with Gasteiger partial charge < -0.3 is 15.1 Å². The van der Waals surface area contributed by atoms with Crippen molar-refractivity contribution in [3.63, 3.8) is 0 Å². The molecule has 0 aliphatic heterocycles. The van der Waals surface area contributed by atoms with Gasteiger partial charge in [-0.05, 0) is 33.0 Å². The monoisotopic (exact) mass is 182 g/mol. The van der Waals surface area contributed by atoms with Gasteiger partial charge in [0, 0.05) is 12.1 Å². The number of furan rings is 1. The van der Waals surface area contributed by atoms with Crippen molar-refractivity contribution in [3.8, 4) is 0 Å². The summed E-state index contributed by atoms with van der Waals surface area (Å²) in [6, 6.07) is 3.87. The van der Waals surface area contributed by atoms with E-state index >= 15 is 0 Å². The zero-order chi connectivity index (χ0) is 9.73. The lowest BCUT2D eigenvalue weighted by Crippen LogP contribution is -2.45. The smallest absolute Gasteiger partial charge is 0.117 e. The zero-order valence-corrected chi connectivity index (χ0v) is 8.55. The first-order valence-electron chi connectivity index (χ1n) is 4.56. The predicted molar refractivity (Wildman–Crippen MR) is 53.6 cm³/mol. The van der Waals surface area contributed by atoms with Crippen LogP contribution in [-0.2, 0) is 6.54 Å². The van der Waals surface area contributed by atoms with Gasteiger partial charge in [0.25, 0.3) is 0 Å². The van der Waals surface area contributed by atoms with Crippen LogP contribution in [-0.4, -0.2) is 19.1 Å². The lowest BCUT2D eigenvalue weighted by atomic mass is 10.1. The van der Waals surface area contributed by atoms with Gasteiger partial charge in [-0.2, -0.15) is 0 Å². The van der Waals surface area contributed by atoms with Crippen LogP contribution in [0.1, 0.15) is 19.6 Å². The molecule has 74 valence electrons. The molecular weight excluding hydrogens is 164 g/mol. The molecule has 13 heavy (non-hydrogen) atoms. The molecule has 0 spiro atoms. The summed E-state index contributed by atoms with van der Waals surface area (Å²) in [6.45, 7) is 6.02. The van der Waals surface area contributed by atoms with Crippen molar-refractivity contribution in [2.75, 3.05) is 13.6 Å². The standard InChI is InChI=1S/C10H18N2O/c1-10(2,11-3)8-12-7-9-5-4-6-13-9/h4-6,11-12H,7-8H2,1-3H3. The molecule has 0 amide bonds. The van der Waals surface area contributed by atoms with Crippen LogP contribution in [0.4, 0.5) is 0 Å². The Bertz CT molecular complexity index is 229. The number of likely N-dealkylation sites (N-methyl/N-ethyl adjacent to an activating group) is 1. The highest BCUT2D eigenvalue weighted by Crippen LogP contribution is 2.01. The number of nitrogens with one attached hydrogen (secondary N) is 2. The first kappa shape index (κ1) is 10.3. The minimum absolute atomic E-state index is 0.132. The molecular formula is C10H18N2O. The van der Waals surface area contributed by atoms with Crippen molar-refractivity contribution < 1.29 is 4.42 Å². The Morgan fingerprint density at radius 2 is 2.23 bits per heavy atom. The summed E-state index contributed by atoms with van der Waals surface area (Å²) in [5, 5.41) is 6.55. The molecule has 0 aliphatic rings. The fourth-order valence-corrected chi connectivity index (χ4v) is 1.000. The lowest BCUT2D eigenvalue weighted by Gasteiger charge is -2.23. The van der Waals surface area contributed by atoms with E-state index in [1.807, 2.05) is 19.2 Å². The molecule has 3 nitrogen and oxygen atoms in total. The van der Waals surface area contributed by atoms with Gasteiger partial charge in [0.1, 0.15) is 5.76 Å². The summed E-state index contributed by atoms with van der Waals surface area (Å²) in [5.74, 6) is 0.979. The molecule has 0 fully saturated rings. The van der Waals surface area contributed by atoms with Gasteiger partial charge in [0.2, 0.25) is 0 Å². The second kappa shape index (κ2) is 4.44. The molecule has 1 rings (SSSR count). The van der Waals surface area contributed by atoms with Gasteiger partial charge >= 0.3 is 0 Å². The fourth-order valence-electron chi connectivity index (χ4n) is 1.000. The second-order valence-corrected chi connectivity index (χ2v) is 3.82. The Kier molecular flexibility index (Phi) is 3.51. The molecule has 0 saturated carbocycles. The van der Waals surface area contributed by atoms with Gasteiger partial charge in [0.05, 0.1) is 12.8 Å². The highest BCUT2D eigenvalue weighted by Gasteiger charge is 2.13. The van der Waals surface area contributed by atoms with E-state index in [0.29, 0.717) is 0 Å². The highest BCUT2D eigenvalue weighted by atomic mass is 16.3. The van der Waals surface area contributed by atoms with E-state index in [-0.39, 0.29) is 5.54 Å². The molecule has 0 unspecified atom stereocenters. The summed E-state index contributed by atoms with van der Waals surface area (Å²) >= 11 is 0. The maximum absolute atomic E-state index is 5.20. The topological polar surface area (TPSA) is 37.2 Å². The van der Waals surface area contributed by atoms with Crippen LogP contribution < -0.4 is 10.6 Å². The third kappa shape index (κ3) is 3.61. The summed E-state index contributed by atoms with van der Waals surface area (Å²) < 4.78 is 5.20. The van der Waals surface area contributed by atoms with Crippen LogP contribution >= 0.6 is 0 Å². The Morgan fingerprint density at radius 1 is 1.46 bits per heavy atom. The number of hydrogen-bond acceptors (Lipinski definition) is 3. The number of hydrogen-bond donors (Lipinski definition) is 2. The Morgan fingerprint density at radius 3 is 2.77 bits per heavy atom. The Labute approximate surface area is 79.5 Å². The van der Waals surface area contributed by atoms with Crippen molar-refractivity contribution in [1.29, 1.82) is 0 Å². The Balaban J connectivity index is 2.21. The molecule has 1 heterocycles. The van der Waals surface area contributed by atoms with Crippen LogP contribution in [0.5, 0.6) is 0 Å². The maximum Gasteiger partial charge on any atom is 0.117 e. The van der Waals surface area contributed by atoms with E-state index in [1.165, 1.54) is 0 Å². The van der Waals surface area contributed by atoms with Crippen molar-refractivity contribution >= 4 is 0 Å². The van der Waals surface area contributed by atoms with Gasteiger partial charge in [-0.15, -0.1) is 0 Å². The molecule has 0 saturated heterocycles. The van der Waals surface area contributed by atoms with Crippen LogP contribution in [0, 0.1) is 0 Å². The summed E-state index contributed by atoms with van der Waals surface area (Å²) in [5.41, 5.74) is 0.132. The SMILES string of the molecule is CNC(C)(C)CNCc1ccco1.